The molecule has 0 unspecified atom stereocenters. The van der Waals surface area contributed by atoms with Crippen LogP contribution >= 0.6 is 0 Å². The molecule has 2 heterocycles. The summed E-state index contributed by atoms with van der Waals surface area (Å²) in [4.78, 5) is 0. The molecular formula is C25H16O2. The fraction of sp³-hybridized carbons (Fsp3) is 0.0400. The lowest BCUT2D eigenvalue weighted by Gasteiger charge is -2.02. The Morgan fingerprint density at radius 3 is 1.96 bits per heavy atom. The first-order valence-electron chi connectivity index (χ1n) is 9.11. The SMILES string of the molecule is Cc1cccc2c1oc1ccc(-c3ccc4oc5ccccc5c4c3)cc12. The molecule has 0 aliphatic rings. The topological polar surface area (TPSA) is 26.3 Å². The van der Waals surface area contributed by atoms with Crippen molar-refractivity contribution in [1.82, 2.24) is 0 Å². The number of fused-ring (bicyclic) bond motifs is 6. The Balaban J connectivity index is 1.61. The largest absolute Gasteiger partial charge is 0.456 e. The van der Waals surface area contributed by atoms with E-state index in [-0.39, 0.29) is 0 Å². The maximum Gasteiger partial charge on any atom is 0.138 e. The highest BCUT2D eigenvalue weighted by Gasteiger charge is 2.12. The molecule has 27 heavy (non-hydrogen) atoms. The van der Waals surface area contributed by atoms with Gasteiger partial charge in [0.2, 0.25) is 0 Å². The van der Waals surface area contributed by atoms with Crippen LogP contribution in [0.2, 0.25) is 0 Å². The first-order valence-corrected chi connectivity index (χ1v) is 9.11. The van der Waals surface area contributed by atoms with Gasteiger partial charge in [-0.15, -0.1) is 0 Å². The van der Waals surface area contributed by atoms with Crippen molar-refractivity contribution in [1.29, 1.82) is 0 Å². The minimum Gasteiger partial charge on any atom is -0.456 e. The standard InChI is InChI=1S/C25H16O2/c1-15-5-4-7-19-21-14-17(10-12-24(21)27-25(15)19)16-9-11-23-20(13-16)18-6-2-3-8-22(18)26-23/h2-14H,1H3. The maximum atomic E-state index is 6.07. The van der Waals surface area contributed by atoms with E-state index in [2.05, 4.69) is 73.7 Å². The molecule has 0 saturated carbocycles. The van der Waals surface area contributed by atoms with Crippen LogP contribution in [0, 0.1) is 6.92 Å². The second-order valence-electron chi connectivity index (χ2n) is 7.07. The van der Waals surface area contributed by atoms with Gasteiger partial charge in [-0.25, -0.2) is 0 Å². The van der Waals surface area contributed by atoms with Gasteiger partial charge in [0, 0.05) is 21.5 Å². The van der Waals surface area contributed by atoms with E-state index in [1.54, 1.807) is 0 Å². The van der Waals surface area contributed by atoms with Gasteiger partial charge in [0.1, 0.15) is 22.3 Å². The molecule has 6 rings (SSSR count). The van der Waals surface area contributed by atoms with E-state index < -0.39 is 0 Å². The Bertz CT molecular complexity index is 1480. The zero-order valence-electron chi connectivity index (χ0n) is 14.8. The van der Waals surface area contributed by atoms with Crippen molar-refractivity contribution in [2.45, 2.75) is 6.92 Å². The second-order valence-corrected chi connectivity index (χ2v) is 7.07. The molecule has 2 aromatic heterocycles. The van der Waals surface area contributed by atoms with Crippen LogP contribution in [0.15, 0.2) is 87.7 Å². The highest BCUT2D eigenvalue weighted by molar-refractivity contribution is 6.09. The minimum absolute atomic E-state index is 0.922. The monoisotopic (exact) mass is 348 g/mol. The first-order chi connectivity index (χ1) is 13.3. The summed E-state index contributed by atoms with van der Waals surface area (Å²) in [5.74, 6) is 0. The summed E-state index contributed by atoms with van der Waals surface area (Å²) in [6.45, 7) is 2.09. The summed E-state index contributed by atoms with van der Waals surface area (Å²) in [7, 11) is 0. The molecule has 4 aromatic carbocycles. The highest BCUT2D eigenvalue weighted by Crippen LogP contribution is 2.36. The van der Waals surface area contributed by atoms with Crippen LogP contribution in [0.3, 0.4) is 0 Å². The van der Waals surface area contributed by atoms with Crippen molar-refractivity contribution in [3.05, 3.63) is 84.4 Å². The first kappa shape index (κ1) is 14.6. The van der Waals surface area contributed by atoms with Crippen molar-refractivity contribution in [3.63, 3.8) is 0 Å². The average molecular weight is 348 g/mol. The van der Waals surface area contributed by atoms with E-state index in [4.69, 9.17) is 8.83 Å². The average Bonchev–Trinajstić information content (AvgIpc) is 3.26. The molecule has 0 N–H and O–H groups in total. The number of benzene rings is 4. The number of para-hydroxylation sites is 2. The van der Waals surface area contributed by atoms with Crippen LogP contribution in [0.5, 0.6) is 0 Å². The van der Waals surface area contributed by atoms with Crippen molar-refractivity contribution < 1.29 is 8.83 Å². The molecule has 0 spiro atoms. The van der Waals surface area contributed by atoms with Crippen LogP contribution in [-0.2, 0) is 0 Å². The van der Waals surface area contributed by atoms with Crippen LogP contribution in [0.25, 0.3) is 55.0 Å². The lowest BCUT2D eigenvalue weighted by atomic mass is 10.0. The summed E-state index contributed by atoms with van der Waals surface area (Å²) in [5, 5.41) is 4.63. The fourth-order valence-corrected chi connectivity index (χ4v) is 4.02. The summed E-state index contributed by atoms with van der Waals surface area (Å²) in [6.07, 6.45) is 0. The summed E-state index contributed by atoms with van der Waals surface area (Å²) in [5.41, 5.74) is 7.27. The van der Waals surface area contributed by atoms with E-state index in [1.165, 1.54) is 16.5 Å². The molecular weight excluding hydrogens is 332 g/mol. The third-order valence-electron chi connectivity index (χ3n) is 5.40. The quantitative estimate of drug-likeness (QED) is 0.308. The lowest BCUT2D eigenvalue weighted by molar-refractivity contribution is 0.666. The highest BCUT2D eigenvalue weighted by atomic mass is 16.3. The van der Waals surface area contributed by atoms with Crippen LogP contribution in [0.4, 0.5) is 0 Å². The molecule has 0 radical (unpaired) electrons. The van der Waals surface area contributed by atoms with Gasteiger partial charge in [-0.3, -0.25) is 0 Å². The van der Waals surface area contributed by atoms with E-state index >= 15 is 0 Å². The van der Waals surface area contributed by atoms with E-state index in [0.717, 1.165) is 44.1 Å². The normalized spacial score (nSPS) is 11.9. The minimum atomic E-state index is 0.922. The van der Waals surface area contributed by atoms with E-state index in [1.807, 2.05) is 12.1 Å². The van der Waals surface area contributed by atoms with Gasteiger partial charge in [0.05, 0.1) is 0 Å². The Kier molecular flexibility index (Phi) is 2.84. The Labute approximate surface area is 155 Å². The summed E-state index contributed by atoms with van der Waals surface area (Å²) < 4.78 is 12.0. The van der Waals surface area contributed by atoms with Crippen molar-refractivity contribution in [2.75, 3.05) is 0 Å². The molecule has 128 valence electrons. The lowest BCUT2D eigenvalue weighted by Crippen LogP contribution is -1.78. The summed E-state index contributed by atoms with van der Waals surface area (Å²) in [6, 6.07) is 27.3. The third-order valence-corrected chi connectivity index (χ3v) is 5.40. The molecule has 0 saturated heterocycles. The maximum absolute atomic E-state index is 6.07. The van der Waals surface area contributed by atoms with Crippen LogP contribution in [0.1, 0.15) is 5.56 Å². The van der Waals surface area contributed by atoms with Crippen molar-refractivity contribution >= 4 is 43.9 Å². The number of furan rings is 2. The zero-order chi connectivity index (χ0) is 18.0. The van der Waals surface area contributed by atoms with E-state index in [9.17, 15) is 0 Å². The van der Waals surface area contributed by atoms with Crippen molar-refractivity contribution in [3.8, 4) is 11.1 Å². The van der Waals surface area contributed by atoms with Gasteiger partial charge < -0.3 is 8.83 Å². The summed E-state index contributed by atoms with van der Waals surface area (Å²) >= 11 is 0. The predicted molar refractivity (Wildman–Crippen MR) is 111 cm³/mol. The zero-order valence-corrected chi connectivity index (χ0v) is 14.8. The number of aryl methyl sites for hydroxylation is 1. The van der Waals surface area contributed by atoms with Gasteiger partial charge in [0.15, 0.2) is 0 Å². The number of hydrogen-bond donors (Lipinski definition) is 0. The predicted octanol–water partition coefficient (Wildman–Crippen LogP) is 7.46. The Morgan fingerprint density at radius 2 is 1.15 bits per heavy atom. The van der Waals surface area contributed by atoms with Crippen molar-refractivity contribution in [2.24, 2.45) is 0 Å². The number of hydrogen-bond acceptors (Lipinski definition) is 2. The van der Waals surface area contributed by atoms with E-state index in [0.29, 0.717) is 0 Å². The van der Waals surface area contributed by atoms with Crippen LogP contribution < -0.4 is 0 Å². The Morgan fingerprint density at radius 1 is 0.519 bits per heavy atom. The molecule has 0 bridgehead atoms. The van der Waals surface area contributed by atoms with Gasteiger partial charge in [-0.1, -0.05) is 48.5 Å². The molecule has 0 aliphatic heterocycles. The Hall–Kier alpha value is -3.52. The van der Waals surface area contributed by atoms with Gasteiger partial charge in [-0.2, -0.15) is 0 Å². The molecule has 0 amide bonds. The number of rotatable bonds is 1. The van der Waals surface area contributed by atoms with Crippen LogP contribution in [-0.4, -0.2) is 0 Å². The smallest absolute Gasteiger partial charge is 0.138 e. The second kappa shape index (κ2) is 5.24. The van der Waals surface area contributed by atoms with Gasteiger partial charge >= 0.3 is 0 Å². The third kappa shape index (κ3) is 2.07. The fourth-order valence-electron chi connectivity index (χ4n) is 4.02. The molecule has 0 fully saturated rings. The molecule has 6 aromatic rings. The molecule has 0 atom stereocenters. The molecule has 0 aliphatic carbocycles. The molecule has 2 nitrogen and oxygen atoms in total. The van der Waals surface area contributed by atoms with Gasteiger partial charge in [0.25, 0.3) is 0 Å². The van der Waals surface area contributed by atoms with Gasteiger partial charge in [-0.05, 0) is 53.9 Å². The molecule has 2 heteroatoms.